The number of carbonyl (C=O) groups is 1. The second-order valence-electron chi connectivity index (χ2n) is 10.2. The summed E-state index contributed by atoms with van der Waals surface area (Å²) in [7, 11) is 1.91. The summed E-state index contributed by atoms with van der Waals surface area (Å²) in [5, 5.41) is 0. The van der Waals surface area contributed by atoms with E-state index in [1.54, 1.807) is 18.2 Å². The van der Waals surface area contributed by atoms with Crippen LogP contribution in [0.5, 0.6) is 0 Å². The van der Waals surface area contributed by atoms with Gasteiger partial charge in [-0.15, -0.1) is 0 Å². The van der Waals surface area contributed by atoms with Crippen LogP contribution in [0.4, 0.5) is 4.39 Å². The summed E-state index contributed by atoms with van der Waals surface area (Å²) in [4.78, 5) is 19.5. The summed E-state index contributed by atoms with van der Waals surface area (Å²) in [6, 6.07) is 6.40. The molecule has 1 unspecified atom stereocenters. The molecule has 4 nitrogen and oxygen atoms in total. The van der Waals surface area contributed by atoms with Crippen LogP contribution in [-0.4, -0.2) is 60.4 Å². The van der Waals surface area contributed by atoms with Gasteiger partial charge in [-0.1, -0.05) is 68.2 Å². The van der Waals surface area contributed by atoms with Gasteiger partial charge in [0.15, 0.2) is 0 Å². The number of halogens is 1. The maximum Gasteiger partial charge on any atom is 0.242 e. The SMILES string of the molecule is C=C/C=C\C=C(/C)N1CCN(C(=O)CN(C)/C(=C\C(=C)C2=CC(CC)C=C(C)C=C2)c2ccc(F)cc2)CC1. The fraction of sp³-hybridized carbons (Fsp3) is 0.324. The molecule has 1 aromatic carbocycles. The highest BCUT2D eigenvalue weighted by atomic mass is 19.1. The van der Waals surface area contributed by atoms with E-state index < -0.39 is 0 Å². The van der Waals surface area contributed by atoms with Crippen LogP contribution in [0.3, 0.4) is 0 Å². The van der Waals surface area contributed by atoms with Crippen LogP contribution in [0.25, 0.3) is 5.70 Å². The predicted octanol–water partition coefficient (Wildman–Crippen LogP) is 6.91. The van der Waals surface area contributed by atoms with E-state index >= 15 is 0 Å². The van der Waals surface area contributed by atoms with Gasteiger partial charge in [-0.2, -0.15) is 0 Å². The molecule has 1 heterocycles. The van der Waals surface area contributed by atoms with Gasteiger partial charge in [0.25, 0.3) is 0 Å². The van der Waals surface area contributed by atoms with Crippen molar-refractivity contribution in [2.75, 3.05) is 39.8 Å². The Hall–Kier alpha value is -3.86. The van der Waals surface area contributed by atoms with E-state index in [0.29, 0.717) is 19.0 Å². The van der Waals surface area contributed by atoms with E-state index in [0.717, 1.165) is 41.9 Å². The molecule has 1 atom stereocenters. The number of likely N-dealkylation sites (N-methyl/N-ethyl adjacent to an activating group) is 1. The number of amides is 1. The molecule has 1 aromatic rings. The molecule has 0 bridgehead atoms. The van der Waals surface area contributed by atoms with Gasteiger partial charge in [-0.25, -0.2) is 4.39 Å². The normalized spacial score (nSPS) is 18.5. The van der Waals surface area contributed by atoms with Crippen LogP contribution in [0.15, 0.2) is 115 Å². The number of rotatable bonds is 10. The Bertz CT molecular complexity index is 1220. The first-order valence-electron chi connectivity index (χ1n) is 13.7. The molecule has 0 aromatic heterocycles. The Morgan fingerprint density at radius 1 is 1.08 bits per heavy atom. The van der Waals surface area contributed by atoms with Crippen molar-refractivity contribution in [3.05, 3.63) is 126 Å². The predicted molar refractivity (Wildman–Crippen MR) is 162 cm³/mol. The number of hydrogen-bond donors (Lipinski definition) is 0. The van der Waals surface area contributed by atoms with Crippen LogP contribution in [0.1, 0.15) is 32.8 Å². The summed E-state index contributed by atoms with van der Waals surface area (Å²) in [6.45, 7) is 17.6. The largest absolute Gasteiger partial charge is 0.371 e. The molecule has 5 heteroatoms. The van der Waals surface area contributed by atoms with Crippen molar-refractivity contribution in [2.24, 2.45) is 5.92 Å². The van der Waals surface area contributed by atoms with E-state index in [1.807, 2.05) is 35.1 Å². The Morgan fingerprint density at radius 3 is 2.38 bits per heavy atom. The van der Waals surface area contributed by atoms with E-state index in [-0.39, 0.29) is 18.3 Å². The van der Waals surface area contributed by atoms with E-state index in [2.05, 4.69) is 69.2 Å². The van der Waals surface area contributed by atoms with Gasteiger partial charge in [-0.05, 0) is 79.3 Å². The first kappa shape index (κ1) is 29.7. The summed E-state index contributed by atoms with van der Waals surface area (Å²) < 4.78 is 13.7. The lowest BCUT2D eigenvalue weighted by atomic mass is 9.98. The minimum absolute atomic E-state index is 0.0726. The van der Waals surface area contributed by atoms with E-state index in [4.69, 9.17) is 0 Å². The third-order valence-corrected chi connectivity index (χ3v) is 7.19. The van der Waals surface area contributed by atoms with Gasteiger partial charge in [0.05, 0.1) is 6.54 Å². The van der Waals surface area contributed by atoms with Crippen molar-refractivity contribution >= 4 is 11.6 Å². The smallest absolute Gasteiger partial charge is 0.242 e. The van der Waals surface area contributed by atoms with E-state index in [1.165, 1.54) is 23.4 Å². The summed E-state index contributed by atoms with van der Waals surface area (Å²) in [6.07, 6.45) is 19.4. The molecule has 0 saturated carbocycles. The lowest BCUT2D eigenvalue weighted by Crippen LogP contribution is -2.50. The summed E-state index contributed by atoms with van der Waals surface area (Å²) in [5.74, 6) is 0.117. The third kappa shape index (κ3) is 8.57. The second kappa shape index (κ2) is 14.3. The molecule has 0 spiro atoms. The molecular formula is C34H42FN3O. The number of piperazine rings is 1. The molecular weight excluding hydrogens is 485 g/mol. The lowest BCUT2D eigenvalue weighted by molar-refractivity contribution is -0.132. The maximum absolute atomic E-state index is 13.7. The molecule has 3 rings (SSSR count). The zero-order chi connectivity index (χ0) is 28.4. The molecule has 1 aliphatic heterocycles. The molecule has 1 saturated heterocycles. The Kier molecular flexibility index (Phi) is 10.9. The fourth-order valence-corrected chi connectivity index (χ4v) is 4.76. The molecule has 0 radical (unpaired) electrons. The molecule has 1 aliphatic carbocycles. The van der Waals surface area contributed by atoms with Gasteiger partial charge in [0, 0.05) is 44.6 Å². The van der Waals surface area contributed by atoms with Gasteiger partial charge in [0.2, 0.25) is 5.91 Å². The van der Waals surface area contributed by atoms with Gasteiger partial charge in [-0.3, -0.25) is 4.79 Å². The molecule has 2 aliphatic rings. The summed E-state index contributed by atoms with van der Waals surface area (Å²) >= 11 is 0. The quantitative estimate of drug-likeness (QED) is 0.309. The van der Waals surface area contributed by atoms with Crippen molar-refractivity contribution in [3.63, 3.8) is 0 Å². The molecule has 39 heavy (non-hydrogen) atoms. The van der Waals surface area contributed by atoms with Crippen LogP contribution in [0, 0.1) is 11.7 Å². The minimum Gasteiger partial charge on any atom is -0.371 e. The third-order valence-electron chi connectivity index (χ3n) is 7.19. The average molecular weight is 528 g/mol. The molecule has 1 fully saturated rings. The highest BCUT2D eigenvalue weighted by Crippen LogP contribution is 2.27. The first-order chi connectivity index (χ1) is 18.7. The van der Waals surface area contributed by atoms with Gasteiger partial charge < -0.3 is 14.7 Å². The topological polar surface area (TPSA) is 26.8 Å². The van der Waals surface area contributed by atoms with Crippen LogP contribution < -0.4 is 0 Å². The lowest BCUT2D eigenvalue weighted by Gasteiger charge is -2.37. The Labute approximate surface area is 234 Å². The van der Waals surface area contributed by atoms with Crippen LogP contribution >= 0.6 is 0 Å². The van der Waals surface area contributed by atoms with Crippen LogP contribution in [-0.2, 0) is 4.79 Å². The zero-order valence-corrected chi connectivity index (χ0v) is 23.9. The number of allylic oxidation sites excluding steroid dienone is 13. The molecule has 1 amide bonds. The number of nitrogens with zero attached hydrogens (tertiary/aromatic N) is 3. The van der Waals surface area contributed by atoms with Crippen molar-refractivity contribution in [3.8, 4) is 0 Å². The first-order valence-corrected chi connectivity index (χ1v) is 13.7. The Morgan fingerprint density at radius 2 is 1.74 bits per heavy atom. The van der Waals surface area contributed by atoms with Gasteiger partial charge in [0.1, 0.15) is 5.82 Å². The fourth-order valence-electron chi connectivity index (χ4n) is 4.76. The molecule has 0 N–H and O–H groups in total. The average Bonchev–Trinajstić information content (AvgIpc) is 3.13. The van der Waals surface area contributed by atoms with Crippen LogP contribution in [0.2, 0.25) is 0 Å². The Balaban J connectivity index is 1.76. The highest BCUT2D eigenvalue weighted by Gasteiger charge is 2.23. The van der Waals surface area contributed by atoms with E-state index in [9.17, 15) is 9.18 Å². The minimum atomic E-state index is -0.292. The number of hydrogen-bond acceptors (Lipinski definition) is 3. The monoisotopic (exact) mass is 527 g/mol. The number of carbonyl (C=O) groups excluding carboxylic acids is 1. The van der Waals surface area contributed by atoms with Crippen molar-refractivity contribution in [1.82, 2.24) is 14.7 Å². The number of benzene rings is 1. The maximum atomic E-state index is 13.7. The van der Waals surface area contributed by atoms with Crippen molar-refractivity contribution in [2.45, 2.75) is 27.2 Å². The zero-order valence-electron chi connectivity index (χ0n) is 23.9. The second-order valence-corrected chi connectivity index (χ2v) is 10.2. The van der Waals surface area contributed by atoms with Gasteiger partial charge >= 0.3 is 0 Å². The standard InChI is InChI=1S/C34H42FN3O/c1-7-9-10-11-28(5)37-18-20-38(21-19-37)34(39)25-36(6)33(30-14-16-32(35)17-15-30)23-27(4)31-13-12-26(3)22-29(8-2)24-31/h7,9-17,22-24,29H,1,4,8,18-21,25H2,2-3,5-6H3/b10-9-,28-11+,33-23-. The van der Waals surface area contributed by atoms with Crippen molar-refractivity contribution < 1.29 is 9.18 Å². The summed E-state index contributed by atoms with van der Waals surface area (Å²) in [5.41, 5.74) is 5.98. The molecule has 206 valence electrons. The highest BCUT2D eigenvalue weighted by molar-refractivity contribution is 5.81. The van der Waals surface area contributed by atoms with Crippen molar-refractivity contribution in [1.29, 1.82) is 0 Å².